The summed E-state index contributed by atoms with van der Waals surface area (Å²) >= 11 is 5.93. The average Bonchev–Trinajstić information content (AvgIpc) is 2.52. The second kappa shape index (κ2) is 7.48. The summed E-state index contributed by atoms with van der Waals surface area (Å²) in [6.45, 7) is 0.161. The van der Waals surface area contributed by atoms with Gasteiger partial charge in [-0.25, -0.2) is 13.2 Å². The fourth-order valence-electron chi connectivity index (χ4n) is 1.78. The summed E-state index contributed by atoms with van der Waals surface area (Å²) in [7, 11) is -3.37. The zero-order chi connectivity index (χ0) is 16.9. The minimum Gasteiger partial charge on any atom is -0.488 e. The van der Waals surface area contributed by atoms with Crippen LogP contribution in [0.5, 0.6) is 5.75 Å². The summed E-state index contributed by atoms with van der Waals surface area (Å²) in [5.74, 6) is -0.109. The molecule has 0 bridgehead atoms. The van der Waals surface area contributed by atoms with Gasteiger partial charge in [0.25, 0.3) is 0 Å². The number of para-hydroxylation sites is 1. The first-order valence-electron chi connectivity index (χ1n) is 6.72. The maximum atomic E-state index is 11.9. The Morgan fingerprint density at radius 3 is 2.52 bits per heavy atom. The van der Waals surface area contributed by atoms with Gasteiger partial charge in [0, 0.05) is 6.26 Å². The first kappa shape index (κ1) is 17.3. The Kier molecular flexibility index (Phi) is 5.63. The van der Waals surface area contributed by atoms with Crippen molar-refractivity contribution < 1.29 is 22.7 Å². The topological polar surface area (TPSA) is 69.7 Å². The maximum Gasteiger partial charge on any atom is 0.338 e. The van der Waals surface area contributed by atoms with Crippen LogP contribution in [0.25, 0.3) is 0 Å². The van der Waals surface area contributed by atoms with Crippen molar-refractivity contribution in [2.24, 2.45) is 0 Å². The molecule has 0 radical (unpaired) electrons. The number of halogens is 1. The fraction of sp³-hybridized carbons (Fsp3) is 0.188. The van der Waals surface area contributed by atoms with E-state index in [4.69, 9.17) is 21.1 Å². The van der Waals surface area contributed by atoms with Crippen LogP contribution >= 0.6 is 11.6 Å². The van der Waals surface area contributed by atoms with Gasteiger partial charge < -0.3 is 9.47 Å². The summed E-state index contributed by atoms with van der Waals surface area (Å²) in [6.07, 6.45) is 1.08. The normalized spacial score (nSPS) is 11.0. The van der Waals surface area contributed by atoms with Gasteiger partial charge in [-0.3, -0.25) is 0 Å². The predicted molar refractivity (Wildman–Crippen MR) is 86.8 cm³/mol. The lowest BCUT2D eigenvalue weighted by molar-refractivity contribution is 0.0450. The molecule has 0 saturated carbocycles. The Labute approximate surface area is 139 Å². The summed E-state index contributed by atoms with van der Waals surface area (Å²) in [5, 5.41) is 0.472. The van der Waals surface area contributed by atoms with E-state index in [0.717, 1.165) is 6.26 Å². The molecule has 2 aromatic rings. The minimum atomic E-state index is -3.37. The van der Waals surface area contributed by atoms with E-state index in [2.05, 4.69) is 0 Å². The molecule has 0 atom stereocenters. The van der Waals surface area contributed by atoms with Crippen molar-refractivity contribution in [3.05, 3.63) is 59.1 Å². The van der Waals surface area contributed by atoms with E-state index in [0.29, 0.717) is 10.8 Å². The zero-order valence-corrected chi connectivity index (χ0v) is 13.9. The van der Waals surface area contributed by atoms with Gasteiger partial charge in [0.2, 0.25) is 0 Å². The van der Waals surface area contributed by atoms with Crippen LogP contribution in [0.15, 0.2) is 53.4 Å². The van der Waals surface area contributed by atoms with E-state index < -0.39 is 15.8 Å². The van der Waals surface area contributed by atoms with E-state index >= 15 is 0 Å². The Morgan fingerprint density at radius 2 is 1.83 bits per heavy atom. The molecule has 0 heterocycles. The SMILES string of the molecule is CS(=O)(=O)c1cccc(C(=O)OCCOc2ccccc2Cl)c1. The number of ether oxygens (including phenoxy) is 2. The van der Waals surface area contributed by atoms with E-state index in [1.807, 2.05) is 0 Å². The van der Waals surface area contributed by atoms with Crippen LogP contribution in [0.4, 0.5) is 0 Å². The average molecular weight is 355 g/mol. The van der Waals surface area contributed by atoms with Gasteiger partial charge in [-0.1, -0.05) is 29.8 Å². The molecule has 0 fully saturated rings. The van der Waals surface area contributed by atoms with Crippen LogP contribution < -0.4 is 4.74 Å². The number of rotatable bonds is 6. The van der Waals surface area contributed by atoms with Crippen molar-refractivity contribution >= 4 is 27.4 Å². The van der Waals surface area contributed by atoms with Crippen LogP contribution in [-0.2, 0) is 14.6 Å². The molecule has 0 aromatic heterocycles. The molecule has 2 rings (SSSR count). The predicted octanol–water partition coefficient (Wildman–Crippen LogP) is 2.98. The molecule has 0 aliphatic rings. The molecule has 0 saturated heterocycles. The standard InChI is InChI=1S/C16H15ClO5S/c1-23(19,20)13-6-4-5-12(11-13)16(18)22-10-9-21-15-8-3-2-7-14(15)17/h2-8,11H,9-10H2,1H3. The molecule has 122 valence electrons. The van der Waals surface area contributed by atoms with Gasteiger partial charge in [0.1, 0.15) is 19.0 Å². The lowest BCUT2D eigenvalue weighted by atomic mass is 10.2. The molecule has 0 aliphatic carbocycles. The Morgan fingerprint density at radius 1 is 1.09 bits per heavy atom. The van der Waals surface area contributed by atoms with Crippen molar-refractivity contribution in [3.8, 4) is 5.75 Å². The highest BCUT2D eigenvalue weighted by molar-refractivity contribution is 7.90. The zero-order valence-electron chi connectivity index (χ0n) is 12.4. The molecular formula is C16H15ClO5S. The third kappa shape index (κ3) is 4.97. The van der Waals surface area contributed by atoms with E-state index in [1.54, 1.807) is 24.3 Å². The third-order valence-electron chi connectivity index (χ3n) is 2.91. The largest absolute Gasteiger partial charge is 0.488 e. The van der Waals surface area contributed by atoms with E-state index in [1.165, 1.54) is 24.3 Å². The highest BCUT2D eigenvalue weighted by Crippen LogP contribution is 2.22. The molecular weight excluding hydrogens is 340 g/mol. The van der Waals surface area contributed by atoms with Gasteiger partial charge in [-0.05, 0) is 30.3 Å². The number of hydrogen-bond donors (Lipinski definition) is 0. The fourth-order valence-corrected chi connectivity index (χ4v) is 2.64. The molecule has 0 spiro atoms. The van der Waals surface area contributed by atoms with Crippen molar-refractivity contribution in [2.75, 3.05) is 19.5 Å². The second-order valence-corrected chi connectivity index (χ2v) is 7.14. The Hall–Kier alpha value is -2.05. The second-order valence-electron chi connectivity index (χ2n) is 4.71. The highest BCUT2D eigenvalue weighted by atomic mass is 35.5. The lowest BCUT2D eigenvalue weighted by Crippen LogP contribution is -2.13. The lowest BCUT2D eigenvalue weighted by Gasteiger charge is -2.09. The number of sulfone groups is 1. The Bertz CT molecular complexity index is 802. The van der Waals surface area contributed by atoms with Crippen molar-refractivity contribution in [3.63, 3.8) is 0 Å². The van der Waals surface area contributed by atoms with Gasteiger partial charge >= 0.3 is 5.97 Å². The van der Waals surface area contributed by atoms with Gasteiger partial charge in [-0.15, -0.1) is 0 Å². The quantitative estimate of drug-likeness (QED) is 0.589. The molecule has 0 N–H and O–H groups in total. The molecule has 2 aromatic carbocycles. The summed E-state index contributed by atoms with van der Waals surface area (Å²) < 4.78 is 33.4. The van der Waals surface area contributed by atoms with Crippen LogP contribution in [0.1, 0.15) is 10.4 Å². The number of esters is 1. The maximum absolute atomic E-state index is 11.9. The highest BCUT2D eigenvalue weighted by Gasteiger charge is 2.12. The van der Waals surface area contributed by atoms with Gasteiger partial charge in [0.15, 0.2) is 9.84 Å². The van der Waals surface area contributed by atoms with Crippen LogP contribution in [0.3, 0.4) is 0 Å². The molecule has 23 heavy (non-hydrogen) atoms. The van der Waals surface area contributed by atoms with Gasteiger partial charge in [-0.2, -0.15) is 0 Å². The molecule has 0 aliphatic heterocycles. The van der Waals surface area contributed by atoms with E-state index in [-0.39, 0.29) is 23.7 Å². The molecule has 5 nitrogen and oxygen atoms in total. The third-order valence-corrected chi connectivity index (χ3v) is 4.33. The van der Waals surface area contributed by atoms with Crippen molar-refractivity contribution in [1.29, 1.82) is 0 Å². The van der Waals surface area contributed by atoms with Gasteiger partial charge in [0.05, 0.1) is 15.5 Å². The Balaban J connectivity index is 1.89. The van der Waals surface area contributed by atoms with Crippen molar-refractivity contribution in [1.82, 2.24) is 0 Å². The summed E-state index contributed by atoms with van der Waals surface area (Å²) in [4.78, 5) is 12.0. The smallest absolute Gasteiger partial charge is 0.338 e. The first-order valence-corrected chi connectivity index (χ1v) is 8.99. The molecule has 0 amide bonds. The number of carbonyl (C=O) groups excluding carboxylic acids is 1. The van der Waals surface area contributed by atoms with Crippen LogP contribution in [0.2, 0.25) is 5.02 Å². The summed E-state index contributed by atoms with van der Waals surface area (Å²) in [6, 6.07) is 12.7. The molecule has 0 unspecified atom stereocenters. The number of hydrogen-bond acceptors (Lipinski definition) is 5. The minimum absolute atomic E-state index is 0.0210. The molecule has 7 heteroatoms. The monoisotopic (exact) mass is 354 g/mol. The first-order chi connectivity index (χ1) is 10.9. The van der Waals surface area contributed by atoms with E-state index in [9.17, 15) is 13.2 Å². The number of carbonyl (C=O) groups is 1. The van der Waals surface area contributed by atoms with Crippen LogP contribution in [-0.4, -0.2) is 33.9 Å². The van der Waals surface area contributed by atoms with Crippen LogP contribution in [0, 0.1) is 0 Å². The van der Waals surface area contributed by atoms with Crippen molar-refractivity contribution in [2.45, 2.75) is 4.90 Å². The number of benzene rings is 2. The summed E-state index contributed by atoms with van der Waals surface area (Å²) in [5.41, 5.74) is 0.172.